The van der Waals surface area contributed by atoms with Crippen LogP contribution in [-0.2, 0) is 16.6 Å². The zero-order chi connectivity index (χ0) is 15.3. The first-order valence-corrected chi connectivity index (χ1v) is 8.62. The van der Waals surface area contributed by atoms with Gasteiger partial charge in [0.25, 0.3) is 0 Å². The smallest absolute Gasteiger partial charge is 0.243 e. The highest BCUT2D eigenvalue weighted by Crippen LogP contribution is 2.24. The molecule has 0 saturated heterocycles. The van der Waals surface area contributed by atoms with Gasteiger partial charge in [-0.1, -0.05) is 26.3 Å². The fraction of sp³-hybridized carbons (Fsp3) is 0.600. The van der Waals surface area contributed by atoms with Crippen molar-refractivity contribution in [1.82, 2.24) is 4.31 Å². The predicted octanol–water partition coefficient (Wildman–Crippen LogP) is 2.57. The Morgan fingerprint density at radius 1 is 1.20 bits per heavy atom. The summed E-state index contributed by atoms with van der Waals surface area (Å²) in [6, 6.07) is 3.67. The largest absolute Gasteiger partial charge is 0.326 e. The molecule has 0 unspecified atom stereocenters. The third-order valence-electron chi connectivity index (χ3n) is 3.65. The summed E-state index contributed by atoms with van der Waals surface area (Å²) in [5, 5.41) is 0. The fourth-order valence-electron chi connectivity index (χ4n) is 2.21. The number of hydrogen-bond acceptors (Lipinski definition) is 3. The Hall–Kier alpha value is -0.910. The molecule has 0 atom stereocenters. The number of nitrogens with two attached hydrogens (primary N) is 1. The van der Waals surface area contributed by atoms with Crippen molar-refractivity contribution in [2.75, 3.05) is 13.1 Å². The van der Waals surface area contributed by atoms with Crippen molar-refractivity contribution in [3.05, 3.63) is 28.8 Å². The van der Waals surface area contributed by atoms with Gasteiger partial charge in [0.2, 0.25) is 10.0 Å². The number of sulfonamides is 1. The molecule has 0 spiro atoms. The Morgan fingerprint density at radius 2 is 1.85 bits per heavy atom. The molecule has 0 heterocycles. The summed E-state index contributed by atoms with van der Waals surface area (Å²) >= 11 is 0. The van der Waals surface area contributed by atoms with Gasteiger partial charge in [0, 0.05) is 19.6 Å². The molecule has 0 bridgehead atoms. The van der Waals surface area contributed by atoms with Crippen molar-refractivity contribution in [3.8, 4) is 0 Å². The van der Waals surface area contributed by atoms with Crippen molar-refractivity contribution in [3.63, 3.8) is 0 Å². The first-order chi connectivity index (χ1) is 9.38. The summed E-state index contributed by atoms with van der Waals surface area (Å²) in [6.45, 7) is 9.14. The van der Waals surface area contributed by atoms with E-state index in [-0.39, 0.29) is 0 Å². The summed E-state index contributed by atoms with van der Waals surface area (Å²) < 4.78 is 27.1. The molecule has 0 aliphatic rings. The van der Waals surface area contributed by atoms with Crippen LogP contribution in [0.15, 0.2) is 17.0 Å². The van der Waals surface area contributed by atoms with Crippen molar-refractivity contribution in [2.45, 2.75) is 52.0 Å². The van der Waals surface area contributed by atoms with E-state index in [9.17, 15) is 8.42 Å². The van der Waals surface area contributed by atoms with Crippen LogP contribution in [0.5, 0.6) is 0 Å². The first-order valence-electron chi connectivity index (χ1n) is 7.18. The van der Waals surface area contributed by atoms with Gasteiger partial charge in [0.1, 0.15) is 0 Å². The van der Waals surface area contributed by atoms with Crippen molar-refractivity contribution >= 4 is 10.0 Å². The van der Waals surface area contributed by atoms with Crippen LogP contribution >= 0.6 is 0 Å². The minimum Gasteiger partial charge on any atom is -0.326 e. The summed E-state index contributed by atoms with van der Waals surface area (Å²) in [7, 11) is -3.43. The van der Waals surface area contributed by atoms with E-state index in [0.717, 1.165) is 29.5 Å². The molecule has 20 heavy (non-hydrogen) atoms. The number of hydrogen-bond donors (Lipinski definition) is 1. The number of aryl methyl sites for hydroxylation is 1. The maximum absolute atomic E-state index is 12.8. The first kappa shape index (κ1) is 17.1. The van der Waals surface area contributed by atoms with Gasteiger partial charge >= 0.3 is 0 Å². The Bertz CT molecular complexity index is 553. The van der Waals surface area contributed by atoms with Crippen molar-refractivity contribution in [2.24, 2.45) is 5.73 Å². The van der Waals surface area contributed by atoms with E-state index < -0.39 is 10.0 Å². The van der Waals surface area contributed by atoms with Gasteiger partial charge in [0.05, 0.1) is 4.90 Å². The summed E-state index contributed by atoms with van der Waals surface area (Å²) in [5.41, 5.74) is 8.31. The van der Waals surface area contributed by atoms with E-state index in [4.69, 9.17) is 5.73 Å². The molecule has 0 radical (unpaired) electrons. The molecule has 1 rings (SSSR count). The number of nitrogens with zero attached hydrogens (tertiary/aromatic N) is 1. The monoisotopic (exact) mass is 298 g/mol. The van der Waals surface area contributed by atoms with Gasteiger partial charge in [-0.2, -0.15) is 4.31 Å². The lowest BCUT2D eigenvalue weighted by molar-refractivity contribution is 0.418. The van der Waals surface area contributed by atoms with Gasteiger partial charge < -0.3 is 5.73 Å². The lowest BCUT2D eigenvalue weighted by Gasteiger charge is -2.22. The molecule has 0 saturated carbocycles. The van der Waals surface area contributed by atoms with Gasteiger partial charge in [0.15, 0.2) is 0 Å². The molecule has 2 N–H and O–H groups in total. The molecule has 1 aromatic carbocycles. The summed E-state index contributed by atoms with van der Waals surface area (Å²) in [5.74, 6) is 0. The average molecular weight is 298 g/mol. The topological polar surface area (TPSA) is 63.4 Å². The molecule has 1 aromatic rings. The minimum absolute atomic E-state index is 0.352. The molecular weight excluding hydrogens is 272 g/mol. The lowest BCUT2D eigenvalue weighted by Crippen LogP contribution is -2.32. The van der Waals surface area contributed by atoms with E-state index in [0.29, 0.717) is 24.5 Å². The summed E-state index contributed by atoms with van der Waals surface area (Å²) in [6.07, 6.45) is 1.86. The molecule has 0 aliphatic carbocycles. The molecule has 0 amide bonds. The van der Waals surface area contributed by atoms with Crippen LogP contribution in [0.2, 0.25) is 0 Å². The number of rotatable bonds is 7. The second kappa shape index (κ2) is 7.20. The highest BCUT2D eigenvalue weighted by Gasteiger charge is 2.25. The van der Waals surface area contributed by atoms with Crippen molar-refractivity contribution in [1.29, 1.82) is 0 Å². The molecule has 0 fully saturated rings. The Labute approximate surface area is 123 Å². The Morgan fingerprint density at radius 3 is 2.35 bits per heavy atom. The molecule has 0 aromatic heterocycles. The minimum atomic E-state index is -3.43. The molecule has 114 valence electrons. The Balaban J connectivity index is 3.29. The van der Waals surface area contributed by atoms with Gasteiger partial charge in [-0.05, 0) is 43.0 Å². The van der Waals surface area contributed by atoms with Crippen LogP contribution in [0.3, 0.4) is 0 Å². The fourth-order valence-corrected chi connectivity index (χ4v) is 4.04. The van der Waals surface area contributed by atoms with E-state index in [1.165, 1.54) is 0 Å². The number of unbranched alkanes of at least 4 members (excludes halogenated alkanes) is 1. The van der Waals surface area contributed by atoms with E-state index in [1.54, 1.807) is 10.4 Å². The van der Waals surface area contributed by atoms with Crippen LogP contribution < -0.4 is 5.73 Å². The van der Waals surface area contributed by atoms with Crippen LogP contribution in [0.1, 0.15) is 43.4 Å². The lowest BCUT2D eigenvalue weighted by atomic mass is 10.1. The second-order valence-corrected chi connectivity index (χ2v) is 7.00. The van der Waals surface area contributed by atoms with Crippen LogP contribution in [-0.4, -0.2) is 25.8 Å². The van der Waals surface area contributed by atoms with E-state index >= 15 is 0 Å². The third kappa shape index (κ3) is 3.59. The summed E-state index contributed by atoms with van der Waals surface area (Å²) in [4.78, 5) is 0.399. The van der Waals surface area contributed by atoms with Crippen LogP contribution in [0.4, 0.5) is 0 Å². The SMILES string of the molecule is CCCCN(CC)S(=O)(=O)c1cc(CN)cc(C)c1C. The van der Waals surface area contributed by atoms with E-state index in [1.807, 2.05) is 26.8 Å². The molecule has 5 heteroatoms. The van der Waals surface area contributed by atoms with Gasteiger partial charge in [-0.15, -0.1) is 0 Å². The second-order valence-electron chi connectivity index (χ2n) is 5.09. The van der Waals surface area contributed by atoms with Gasteiger partial charge in [-0.3, -0.25) is 0 Å². The molecular formula is C15H26N2O2S. The maximum atomic E-state index is 12.8. The zero-order valence-corrected chi connectivity index (χ0v) is 13.8. The number of benzene rings is 1. The van der Waals surface area contributed by atoms with Crippen LogP contribution in [0, 0.1) is 13.8 Å². The third-order valence-corrected chi connectivity index (χ3v) is 5.75. The zero-order valence-electron chi connectivity index (χ0n) is 12.9. The molecule has 0 aliphatic heterocycles. The standard InChI is InChI=1S/C15H26N2O2S/c1-5-7-8-17(6-2)20(18,19)15-10-14(11-16)9-12(3)13(15)4/h9-10H,5-8,11,16H2,1-4H3. The quantitative estimate of drug-likeness (QED) is 0.841. The maximum Gasteiger partial charge on any atom is 0.243 e. The van der Waals surface area contributed by atoms with Gasteiger partial charge in [-0.25, -0.2) is 8.42 Å². The van der Waals surface area contributed by atoms with Crippen LogP contribution in [0.25, 0.3) is 0 Å². The average Bonchev–Trinajstić information content (AvgIpc) is 2.42. The predicted molar refractivity (Wildman–Crippen MR) is 83.1 cm³/mol. The Kier molecular flexibility index (Phi) is 6.17. The van der Waals surface area contributed by atoms with Crippen molar-refractivity contribution < 1.29 is 8.42 Å². The van der Waals surface area contributed by atoms with E-state index in [2.05, 4.69) is 6.92 Å². The highest BCUT2D eigenvalue weighted by molar-refractivity contribution is 7.89. The normalized spacial score (nSPS) is 12.1. The highest BCUT2D eigenvalue weighted by atomic mass is 32.2. The molecule has 4 nitrogen and oxygen atoms in total.